The first-order valence-electron chi connectivity index (χ1n) is 9.02. The van der Waals surface area contributed by atoms with Crippen molar-refractivity contribution < 1.29 is 14.7 Å². The van der Waals surface area contributed by atoms with Gasteiger partial charge in [-0.05, 0) is 36.5 Å². The molecule has 124 valence electrons. The fraction of sp³-hybridized carbons (Fsp3) is 0.889. The van der Waals surface area contributed by atoms with Crippen LogP contribution >= 0.6 is 0 Å². The van der Waals surface area contributed by atoms with Crippen molar-refractivity contribution in [3.63, 3.8) is 0 Å². The van der Waals surface area contributed by atoms with Crippen molar-refractivity contribution in [2.45, 2.75) is 64.7 Å². The first-order chi connectivity index (χ1) is 10.5. The van der Waals surface area contributed by atoms with Gasteiger partial charge in [0.15, 0.2) is 0 Å². The molecule has 0 aromatic rings. The first kappa shape index (κ1) is 15.8. The second-order valence-corrected chi connectivity index (χ2v) is 7.92. The van der Waals surface area contributed by atoms with Gasteiger partial charge in [-0.3, -0.25) is 9.59 Å². The van der Waals surface area contributed by atoms with Crippen molar-refractivity contribution in [1.82, 2.24) is 4.90 Å². The van der Waals surface area contributed by atoms with E-state index in [1.54, 1.807) is 0 Å². The van der Waals surface area contributed by atoms with E-state index in [0.29, 0.717) is 18.2 Å². The van der Waals surface area contributed by atoms with Gasteiger partial charge >= 0.3 is 5.97 Å². The Hall–Kier alpha value is -1.06. The van der Waals surface area contributed by atoms with E-state index in [9.17, 15) is 9.59 Å². The largest absolute Gasteiger partial charge is 0.481 e. The minimum Gasteiger partial charge on any atom is -0.481 e. The maximum Gasteiger partial charge on any atom is 0.307 e. The zero-order valence-electron chi connectivity index (χ0n) is 13.7. The molecular formula is C18H29NO3. The van der Waals surface area contributed by atoms with Crippen LogP contribution in [0.5, 0.6) is 0 Å². The van der Waals surface area contributed by atoms with Crippen LogP contribution < -0.4 is 0 Å². The van der Waals surface area contributed by atoms with Crippen LogP contribution in [-0.4, -0.2) is 35.0 Å². The fourth-order valence-corrected chi connectivity index (χ4v) is 4.73. The van der Waals surface area contributed by atoms with Crippen molar-refractivity contribution in [3.8, 4) is 0 Å². The Morgan fingerprint density at radius 2 is 1.82 bits per heavy atom. The highest BCUT2D eigenvalue weighted by molar-refractivity contribution is 5.77. The molecule has 1 saturated heterocycles. The summed E-state index contributed by atoms with van der Waals surface area (Å²) in [5.74, 6) is 0.724. The monoisotopic (exact) mass is 307 g/mol. The van der Waals surface area contributed by atoms with Gasteiger partial charge in [0.1, 0.15) is 0 Å². The zero-order chi connectivity index (χ0) is 15.7. The van der Waals surface area contributed by atoms with Crippen LogP contribution in [0, 0.1) is 23.2 Å². The molecule has 2 aliphatic carbocycles. The molecular weight excluding hydrogens is 278 g/mol. The van der Waals surface area contributed by atoms with E-state index in [1.165, 1.54) is 32.1 Å². The Morgan fingerprint density at radius 1 is 1.18 bits per heavy atom. The van der Waals surface area contributed by atoms with Crippen molar-refractivity contribution in [3.05, 3.63) is 0 Å². The third-order valence-corrected chi connectivity index (χ3v) is 6.55. The van der Waals surface area contributed by atoms with Crippen LogP contribution in [0.2, 0.25) is 0 Å². The molecule has 0 aromatic heterocycles. The number of hydrogen-bond donors (Lipinski definition) is 1. The van der Waals surface area contributed by atoms with E-state index >= 15 is 0 Å². The summed E-state index contributed by atoms with van der Waals surface area (Å²) in [5.41, 5.74) is 0.0254. The van der Waals surface area contributed by atoms with E-state index in [-0.39, 0.29) is 11.3 Å². The molecule has 3 rings (SSSR count). The summed E-state index contributed by atoms with van der Waals surface area (Å²) in [6, 6.07) is 0. The molecule has 1 spiro atoms. The second kappa shape index (κ2) is 6.21. The number of hydrogen-bond acceptors (Lipinski definition) is 2. The van der Waals surface area contributed by atoms with Crippen molar-refractivity contribution in [1.29, 1.82) is 0 Å². The number of nitrogens with zero attached hydrogens (tertiary/aromatic N) is 1. The van der Waals surface area contributed by atoms with Crippen LogP contribution in [0.25, 0.3) is 0 Å². The van der Waals surface area contributed by atoms with Gasteiger partial charge in [0.05, 0.1) is 5.92 Å². The highest BCUT2D eigenvalue weighted by Gasteiger charge is 2.59. The maximum absolute atomic E-state index is 12.5. The summed E-state index contributed by atoms with van der Waals surface area (Å²) in [6.07, 6.45) is 9.85. The Balaban J connectivity index is 1.45. The number of piperidine rings is 1. The van der Waals surface area contributed by atoms with Crippen molar-refractivity contribution >= 4 is 11.9 Å². The number of carboxylic acid groups (broad SMARTS) is 1. The number of rotatable bonds is 4. The van der Waals surface area contributed by atoms with E-state index in [2.05, 4.69) is 6.92 Å². The average molecular weight is 307 g/mol. The first-order valence-corrected chi connectivity index (χ1v) is 9.02. The predicted molar refractivity (Wildman–Crippen MR) is 84.3 cm³/mol. The summed E-state index contributed by atoms with van der Waals surface area (Å²) in [7, 11) is 0. The molecule has 3 aliphatic rings. The van der Waals surface area contributed by atoms with E-state index in [1.807, 2.05) is 4.90 Å². The Morgan fingerprint density at radius 3 is 2.36 bits per heavy atom. The van der Waals surface area contributed by atoms with E-state index in [4.69, 9.17) is 5.11 Å². The standard InChI is InChI=1S/C18H29NO3/c1-13(14-5-3-2-4-6-14)11-16(20)19-9-7-18(8-10-19)12-15(18)17(21)22/h13-15H,2-12H2,1H3,(H,21,22). The van der Waals surface area contributed by atoms with Crippen molar-refractivity contribution in [2.75, 3.05) is 13.1 Å². The number of carboxylic acids is 1. The van der Waals surface area contributed by atoms with Gasteiger partial charge in [0.25, 0.3) is 0 Å². The third kappa shape index (κ3) is 3.16. The third-order valence-electron chi connectivity index (χ3n) is 6.55. The summed E-state index contributed by atoms with van der Waals surface area (Å²) in [5, 5.41) is 9.13. The highest BCUT2D eigenvalue weighted by Crippen LogP contribution is 2.59. The van der Waals surface area contributed by atoms with Crippen LogP contribution in [0.1, 0.15) is 64.7 Å². The van der Waals surface area contributed by atoms with Crippen LogP contribution in [0.4, 0.5) is 0 Å². The van der Waals surface area contributed by atoms with E-state index < -0.39 is 5.97 Å². The lowest BCUT2D eigenvalue weighted by Gasteiger charge is -2.34. The molecule has 4 heteroatoms. The lowest BCUT2D eigenvalue weighted by Crippen LogP contribution is -2.41. The summed E-state index contributed by atoms with van der Waals surface area (Å²) in [6.45, 7) is 3.76. The van der Waals surface area contributed by atoms with Crippen molar-refractivity contribution in [2.24, 2.45) is 23.2 Å². The van der Waals surface area contributed by atoms with Crippen LogP contribution in [-0.2, 0) is 9.59 Å². The Bertz CT molecular complexity index is 434. The molecule has 2 atom stereocenters. The molecule has 1 aliphatic heterocycles. The minimum atomic E-state index is -0.648. The molecule has 1 amide bonds. The molecule has 1 heterocycles. The van der Waals surface area contributed by atoms with Gasteiger partial charge in [0.2, 0.25) is 5.91 Å². The second-order valence-electron chi connectivity index (χ2n) is 7.92. The smallest absolute Gasteiger partial charge is 0.307 e. The average Bonchev–Trinajstić information content (AvgIpc) is 3.22. The predicted octanol–water partition coefficient (Wildman–Crippen LogP) is 3.31. The summed E-state index contributed by atoms with van der Waals surface area (Å²) < 4.78 is 0. The lowest BCUT2D eigenvalue weighted by molar-refractivity contribution is -0.140. The SMILES string of the molecule is CC(CC(=O)N1CCC2(CC1)CC2C(=O)O)C1CCCCC1. The highest BCUT2D eigenvalue weighted by atomic mass is 16.4. The Labute approximate surface area is 133 Å². The van der Waals surface area contributed by atoms with Gasteiger partial charge in [-0.25, -0.2) is 0 Å². The molecule has 2 saturated carbocycles. The number of likely N-dealkylation sites (tertiary alicyclic amines) is 1. The topological polar surface area (TPSA) is 57.6 Å². The van der Waals surface area contributed by atoms with Gasteiger partial charge in [-0.15, -0.1) is 0 Å². The molecule has 0 radical (unpaired) electrons. The lowest BCUT2D eigenvalue weighted by atomic mass is 9.79. The van der Waals surface area contributed by atoms with Gasteiger partial charge in [0, 0.05) is 19.5 Å². The minimum absolute atomic E-state index is 0.0254. The van der Waals surface area contributed by atoms with Crippen LogP contribution in [0.15, 0.2) is 0 Å². The van der Waals surface area contributed by atoms with Crippen LogP contribution in [0.3, 0.4) is 0 Å². The molecule has 1 N–H and O–H groups in total. The molecule has 0 bridgehead atoms. The fourth-order valence-electron chi connectivity index (χ4n) is 4.73. The molecule has 4 nitrogen and oxygen atoms in total. The molecule has 22 heavy (non-hydrogen) atoms. The normalized spacial score (nSPS) is 29.3. The van der Waals surface area contributed by atoms with Gasteiger partial charge in [-0.2, -0.15) is 0 Å². The molecule has 0 aromatic carbocycles. The zero-order valence-corrected chi connectivity index (χ0v) is 13.7. The Kier molecular flexibility index (Phi) is 4.47. The number of aliphatic carboxylic acids is 1. The van der Waals surface area contributed by atoms with E-state index in [0.717, 1.165) is 38.3 Å². The number of amides is 1. The number of carbonyl (C=O) groups excluding carboxylic acids is 1. The quantitative estimate of drug-likeness (QED) is 0.867. The molecule has 2 unspecified atom stereocenters. The maximum atomic E-state index is 12.5. The summed E-state index contributed by atoms with van der Waals surface area (Å²) >= 11 is 0. The summed E-state index contributed by atoms with van der Waals surface area (Å²) in [4.78, 5) is 25.6. The number of carbonyl (C=O) groups is 2. The van der Waals surface area contributed by atoms with Gasteiger partial charge in [-0.1, -0.05) is 39.0 Å². The van der Waals surface area contributed by atoms with Gasteiger partial charge < -0.3 is 10.0 Å². The molecule has 3 fully saturated rings.